The third kappa shape index (κ3) is 8.66. The third-order valence-corrected chi connectivity index (χ3v) is 11.7. The first-order valence-corrected chi connectivity index (χ1v) is 16.7. The molecule has 2 N–H and O–H groups in total. The van der Waals surface area contributed by atoms with Crippen LogP contribution in [0, 0.1) is 3.57 Å². The van der Waals surface area contributed by atoms with Crippen molar-refractivity contribution < 1.29 is 17.1 Å². The summed E-state index contributed by atoms with van der Waals surface area (Å²) < 4.78 is 1.11. The van der Waals surface area contributed by atoms with Crippen LogP contribution in [-0.4, -0.2) is 35.1 Å². The first-order chi connectivity index (χ1) is 19.9. The molecule has 11 heteroatoms. The summed E-state index contributed by atoms with van der Waals surface area (Å²) in [5, 5.41) is 27.8. The molecule has 0 heterocycles. The molecule has 1 radical (unpaired) electrons. The topological polar surface area (TPSA) is 73.5 Å². The van der Waals surface area contributed by atoms with Crippen molar-refractivity contribution >= 4 is 92.8 Å². The third-order valence-electron chi connectivity index (χ3n) is 6.26. The van der Waals surface area contributed by atoms with E-state index in [1.807, 2.05) is 49.4 Å². The molecule has 0 saturated carbocycles. The van der Waals surface area contributed by atoms with E-state index in [9.17, 15) is 0 Å². The maximum atomic E-state index is 5.67. The normalized spacial score (nSPS) is 12.8. The molecule has 0 aromatic heterocycles. The molecular formula is C31H29CuIN6PS2+. The molecular weight excluding hydrogens is 742 g/mol. The van der Waals surface area contributed by atoms with E-state index < -0.39 is 7.26 Å². The van der Waals surface area contributed by atoms with Gasteiger partial charge in [0.25, 0.3) is 0 Å². The van der Waals surface area contributed by atoms with Crippen molar-refractivity contribution in [1.29, 1.82) is 0 Å². The number of hydrogen-bond acceptors (Lipinski definition) is 6. The Kier molecular flexibility index (Phi) is 13.5. The van der Waals surface area contributed by atoms with Crippen molar-refractivity contribution in [2.75, 3.05) is 13.3 Å². The van der Waals surface area contributed by atoms with Crippen molar-refractivity contribution in [3.8, 4) is 0 Å². The summed E-state index contributed by atoms with van der Waals surface area (Å²) >= 11 is 13.1. The van der Waals surface area contributed by atoms with E-state index in [-0.39, 0.29) is 22.2 Å². The maximum absolute atomic E-state index is 5.67. The zero-order valence-electron chi connectivity index (χ0n) is 22.9. The molecule has 0 aliphatic rings. The van der Waals surface area contributed by atoms with Gasteiger partial charge in [0, 0.05) is 21.3 Å². The van der Waals surface area contributed by atoms with Crippen molar-refractivity contribution in [3.63, 3.8) is 0 Å². The van der Waals surface area contributed by atoms with Gasteiger partial charge in [0.15, 0.2) is 0 Å². The average Bonchev–Trinajstić information content (AvgIpc) is 3.02. The zero-order valence-corrected chi connectivity index (χ0v) is 28.5. The summed E-state index contributed by atoms with van der Waals surface area (Å²) in [5.41, 5.74) is 1.98. The Morgan fingerprint density at radius 1 is 0.667 bits per heavy atom. The van der Waals surface area contributed by atoms with Gasteiger partial charge in [-0.25, -0.2) is 0 Å². The fourth-order valence-electron chi connectivity index (χ4n) is 4.25. The predicted molar refractivity (Wildman–Crippen MR) is 191 cm³/mol. The molecule has 42 heavy (non-hydrogen) atoms. The van der Waals surface area contributed by atoms with E-state index in [2.05, 4.69) is 126 Å². The number of amidine groups is 2. The summed E-state index contributed by atoms with van der Waals surface area (Å²) in [7, 11) is -0.416. The van der Waals surface area contributed by atoms with Crippen LogP contribution in [0.3, 0.4) is 0 Å². The summed E-state index contributed by atoms with van der Waals surface area (Å²) in [5.74, 6) is 0. The fourth-order valence-corrected chi connectivity index (χ4v) is 8.74. The standard InChI is InChI=1S/C31H30IN6PS2.Cu/c1-23(29(36-37-30(40)33-2)24-18-20-25(32)21-19-24)35-38-31(41)34-22-39(26-12-6-3-7-13-26,27-14-8-4-9-15-27)28-16-10-5-11-17-28;/h3-21H,22H2,1-2H3,(H3-,33,34,35,36,37,38,40,41);/q;+2/p-1. The molecule has 0 aliphatic carbocycles. The van der Waals surface area contributed by atoms with Crippen LogP contribution in [0.2, 0.25) is 0 Å². The molecule has 0 unspecified atom stereocenters. The fraction of sp³-hybridized carbons (Fsp3) is 0.0968. The molecule has 0 bridgehead atoms. The Hall–Kier alpha value is -2.72. The molecule has 0 fully saturated rings. The van der Waals surface area contributed by atoms with Gasteiger partial charge in [-0.05, 0) is 83.2 Å². The maximum Gasteiger partial charge on any atom is 2.00 e. The second-order valence-corrected chi connectivity index (χ2v) is 14.4. The summed E-state index contributed by atoms with van der Waals surface area (Å²) in [6.45, 7) is 1.83. The minimum atomic E-state index is -2.12. The monoisotopic (exact) mass is 770 g/mol. The number of benzene rings is 4. The van der Waals surface area contributed by atoms with E-state index in [0.717, 1.165) is 9.13 Å². The van der Waals surface area contributed by atoms with Crippen LogP contribution in [0.15, 0.2) is 136 Å². The minimum Gasteiger partial charge on any atom is -0.741 e. The predicted octanol–water partition coefficient (Wildman–Crippen LogP) is 4.94. The molecule has 4 aromatic carbocycles. The number of nitrogens with zero attached hydrogens (tertiary/aromatic N) is 4. The Balaban J connectivity index is 0.00000484. The van der Waals surface area contributed by atoms with Gasteiger partial charge in [-0.3, -0.25) is 0 Å². The van der Waals surface area contributed by atoms with Gasteiger partial charge in [-0.15, -0.1) is 5.10 Å². The largest absolute Gasteiger partial charge is 2.00 e. The van der Waals surface area contributed by atoms with Crippen LogP contribution < -0.4 is 26.5 Å². The van der Waals surface area contributed by atoms with Gasteiger partial charge in [0.1, 0.15) is 35.2 Å². The number of nitrogens with one attached hydrogen (secondary N) is 2. The van der Waals surface area contributed by atoms with Crippen molar-refractivity contribution in [2.24, 2.45) is 20.4 Å². The van der Waals surface area contributed by atoms with Crippen LogP contribution in [-0.2, 0) is 42.3 Å². The van der Waals surface area contributed by atoms with Gasteiger partial charge in [-0.1, -0.05) is 66.7 Å². The summed E-state index contributed by atoms with van der Waals surface area (Å²) in [6.07, 6.45) is 0.589. The van der Waals surface area contributed by atoms with Crippen LogP contribution in [0.25, 0.3) is 0 Å². The number of rotatable bonds is 9. The average molecular weight is 771 g/mol. The molecule has 0 atom stereocenters. The Morgan fingerprint density at radius 3 is 1.57 bits per heavy atom. The quantitative estimate of drug-likeness (QED) is 0.0482. The Morgan fingerprint density at radius 2 is 1.12 bits per heavy atom. The molecule has 4 aromatic rings. The Bertz CT molecular complexity index is 1450. The van der Waals surface area contributed by atoms with Gasteiger partial charge in [0.2, 0.25) is 0 Å². The van der Waals surface area contributed by atoms with E-state index in [4.69, 9.17) is 25.3 Å². The van der Waals surface area contributed by atoms with Gasteiger partial charge >= 0.3 is 17.1 Å². The molecule has 0 aliphatic heterocycles. The smallest absolute Gasteiger partial charge is 0.741 e. The molecule has 4 rings (SSSR count). The second kappa shape index (κ2) is 16.8. The molecule has 6 nitrogen and oxygen atoms in total. The zero-order chi connectivity index (χ0) is 29.1. The van der Waals surface area contributed by atoms with Crippen molar-refractivity contribution in [2.45, 2.75) is 6.92 Å². The van der Waals surface area contributed by atoms with Crippen LogP contribution in [0.5, 0.6) is 0 Å². The van der Waals surface area contributed by atoms with Gasteiger partial charge in [-0.2, -0.15) is 15.3 Å². The van der Waals surface area contributed by atoms with Crippen molar-refractivity contribution in [3.05, 3.63) is 124 Å². The van der Waals surface area contributed by atoms with Crippen LogP contribution in [0.4, 0.5) is 0 Å². The second-order valence-electron chi connectivity index (χ2n) is 8.85. The Labute approximate surface area is 283 Å². The van der Waals surface area contributed by atoms with Crippen LogP contribution >= 0.6 is 29.9 Å². The molecule has 217 valence electrons. The van der Waals surface area contributed by atoms with Crippen molar-refractivity contribution in [1.82, 2.24) is 10.6 Å². The first-order valence-electron chi connectivity index (χ1n) is 12.8. The summed E-state index contributed by atoms with van der Waals surface area (Å²) in [6, 6.07) is 39.7. The number of halogens is 1. The minimum absolute atomic E-state index is 0. The van der Waals surface area contributed by atoms with E-state index in [0.29, 0.717) is 22.9 Å². The first kappa shape index (κ1) is 33.8. The molecule has 0 spiro atoms. The summed E-state index contributed by atoms with van der Waals surface area (Å²) in [4.78, 5) is 0. The molecule has 0 saturated heterocycles. The van der Waals surface area contributed by atoms with Gasteiger partial charge in [0.05, 0.1) is 5.71 Å². The van der Waals surface area contributed by atoms with Crippen LogP contribution in [0.1, 0.15) is 12.5 Å². The SMILES string of the molecule is CN/C([S-])=N/N=C(/C(C)=N/N=C(\[S-])NC[P+](c1ccccc1)(c1ccccc1)c1ccccc1)c1ccc(I)cc1.[Cu+2]. The van der Waals surface area contributed by atoms with E-state index in [1.165, 1.54) is 15.9 Å². The molecule has 0 amide bonds. The van der Waals surface area contributed by atoms with E-state index in [1.54, 1.807) is 7.05 Å². The number of hydrogen-bond donors (Lipinski definition) is 2. The van der Waals surface area contributed by atoms with Gasteiger partial charge < -0.3 is 35.9 Å². The van der Waals surface area contributed by atoms with E-state index >= 15 is 0 Å².